The fourth-order valence-corrected chi connectivity index (χ4v) is 2.60. The first-order chi connectivity index (χ1) is 9.97. The molecule has 0 aliphatic carbocycles. The van der Waals surface area contributed by atoms with Crippen molar-refractivity contribution in [2.45, 2.75) is 33.1 Å². The van der Waals surface area contributed by atoms with Crippen LogP contribution in [0.5, 0.6) is 0 Å². The normalized spacial score (nSPS) is 10.9. The molecule has 0 spiro atoms. The highest BCUT2D eigenvalue weighted by Crippen LogP contribution is 2.19. The maximum Gasteiger partial charge on any atom is 0.264 e. The molecule has 0 unspecified atom stereocenters. The van der Waals surface area contributed by atoms with E-state index in [9.17, 15) is 9.59 Å². The highest BCUT2D eigenvalue weighted by molar-refractivity contribution is 7.08. The third kappa shape index (κ3) is 3.94. The number of H-pyrrole nitrogens is 1. The van der Waals surface area contributed by atoms with Crippen LogP contribution in [0.3, 0.4) is 0 Å². The van der Waals surface area contributed by atoms with Gasteiger partial charge in [-0.25, -0.2) is 4.98 Å². The Morgan fingerprint density at radius 1 is 1.48 bits per heavy atom. The van der Waals surface area contributed by atoms with E-state index in [1.54, 1.807) is 6.92 Å². The summed E-state index contributed by atoms with van der Waals surface area (Å²) in [4.78, 5) is 30.8. The van der Waals surface area contributed by atoms with Crippen LogP contribution in [0.25, 0.3) is 0 Å². The van der Waals surface area contributed by atoms with Gasteiger partial charge in [-0.2, -0.15) is 0 Å². The first kappa shape index (κ1) is 15.3. The number of aromatic nitrogens is 4. The molecule has 2 aromatic rings. The molecule has 2 rings (SSSR count). The van der Waals surface area contributed by atoms with Crippen LogP contribution in [0, 0.1) is 6.92 Å². The summed E-state index contributed by atoms with van der Waals surface area (Å²) in [5, 5.41) is 6.77. The third-order valence-electron chi connectivity index (χ3n) is 2.83. The maximum atomic E-state index is 12.1. The van der Waals surface area contributed by atoms with E-state index in [4.69, 9.17) is 0 Å². The van der Waals surface area contributed by atoms with E-state index >= 15 is 0 Å². The molecule has 112 valence electrons. The monoisotopic (exact) mass is 307 g/mol. The topological polar surface area (TPSA) is 101 Å². The fourth-order valence-electron chi connectivity index (χ4n) is 1.87. The summed E-state index contributed by atoms with van der Waals surface area (Å²) in [6.45, 7) is 6.08. The smallest absolute Gasteiger partial charge is 0.264 e. The van der Waals surface area contributed by atoms with Crippen LogP contribution < -0.4 is 10.9 Å². The highest BCUT2D eigenvalue weighted by Gasteiger charge is 2.18. The van der Waals surface area contributed by atoms with Crippen molar-refractivity contribution in [1.29, 1.82) is 0 Å². The molecular formula is C13H17N5O2S. The average molecular weight is 307 g/mol. The summed E-state index contributed by atoms with van der Waals surface area (Å²) >= 11 is 1.09. The quantitative estimate of drug-likeness (QED) is 0.859. The van der Waals surface area contributed by atoms with Crippen molar-refractivity contribution in [3.05, 3.63) is 38.5 Å². The second kappa shape index (κ2) is 6.57. The lowest BCUT2D eigenvalue weighted by atomic mass is 10.1. The number of carbonyl (C=O) groups excluding carboxylic acids is 1. The Kier molecular flexibility index (Phi) is 4.79. The molecule has 7 nitrogen and oxygen atoms in total. The van der Waals surface area contributed by atoms with Gasteiger partial charge in [-0.05, 0) is 24.4 Å². The van der Waals surface area contributed by atoms with Crippen molar-refractivity contribution in [2.24, 2.45) is 0 Å². The molecular weight excluding hydrogens is 290 g/mol. The van der Waals surface area contributed by atoms with Crippen LogP contribution in [0.2, 0.25) is 0 Å². The molecule has 0 radical (unpaired) electrons. The third-order valence-corrected chi connectivity index (χ3v) is 3.57. The van der Waals surface area contributed by atoms with Crippen molar-refractivity contribution < 1.29 is 4.79 Å². The zero-order chi connectivity index (χ0) is 15.4. The predicted molar refractivity (Wildman–Crippen MR) is 79.6 cm³/mol. The number of nitrogens with zero attached hydrogens (tertiary/aromatic N) is 3. The number of hydrogen-bond acceptors (Lipinski definition) is 6. The number of nitrogens with one attached hydrogen (secondary N) is 2. The minimum absolute atomic E-state index is 0.152. The van der Waals surface area contributed by atoms with Crippen LogP contribution in [0.4, 0.5) is 0 Å². The van der Waals surface area contributed by atoms with Gasteiger partial charge < -0.3 is 10.3 Å². The Labute approximate surface area is 126 Å². The lowest BCUT2D eigenvalue weighted by Crippen LogP contribution is -2.27. The van der Waals surface area contributed by atoms with E-state index in [1.807, 2.05) is 13.8 Å². The maximum absolute atomic E-state index is 12.1. The van der Waals surface area contributed by atoms with Gasteiger partial charge in [0.25, 0.3) is 11.5 Å². The van der Waals surface area contributed by atoms with Gasteiger partial charge in [0.15, 0.2) is 0 Å². The van der Waals surface area contributed by atoms with Gasteiger partial charge >= 0.3 is 0 Å². The first-order valence-electron chi connectivity index (χ1n) is 6.64. The second-order valence-corrected chi connectivity index (χ2v) is 5.74. The predicted octanol–water partition coefficient (Wildman–Crippen LogP) is 1.03. The van der Waals surface area contributed by atoms with E-state index in [1.165, 1.54) is 6.07 Å². The Morgan fingerprint density at radius 3 is 2.90 bits per heavy atom. The number of aryl methyl sites for hydroxylation is 1. The average Bonchev–Trinajstić information content (AvgIpc) is 2.86. The number of carbonyl (C=O) groups is 1. The molecule has 0 aliphatic heterocycles. The van der Waals surface area contributed by atoms with Gasteiger partial charge in [0.1, 0.15) is 10.7 Å². The number of rotatable bonds is 5. The molecule has 1 amide bonds. The molecule has 0 bridgehead atoms. The van der Waals surface area contributed by atoms with E-state index in [-0.39, 0.29) is 17.4 Å². The van der Waals surface area contributed by atoms with E-state index < -0.39 is 0 Å². The molecule has 0 saturated heterocycles. The first-order valence-corrected chi connectivity index (χ1v) is 7.42. The number of amides is 1. The summed E-state index contributed by atoms with van der Waals surface area (Å²) in [5.74, 6) is 0.523. The van der Waals surface area contributed by atoms with Crippen molar-refractivity contribution in [3.8, 4) is 0 Å². The highest BCUT2D eigenvalue weighted by atomic mass is 32.1. The summed E-state index contributed by atoms with van der Waals surface area (Å²) in [6, 6.07) is 1.43. The van der Waals surface area contributed by atoms with Gasteiger partial charge in [0.2, 0.25) is 0 Å². The summed E-state index contributed by atoms with van der Waals surface area (Å²) in [6.07, 6.45) is 0.464. The minimum Gasteiger partial charge on any atom is -0.351 e. The summed E-state index contributed by atoms with van der Waals surface area (Å²) in [5.41, 5.74) is 1.19. The zero-order valence-electron chi connectivity index (χ0n) is 12.1. The SMILES string of the molecule is Cc1cc(=O)[nH]c(CCNC(=O)c2snnc2C(C)C)n1. The molecule has 0 saturated carbocycles. The largest absolute Gasteiger partial charge is 0.351 e. The van der Waals surface area contributed by atoms with Gasteiger partial charge in [-0.15, -0.1) is 5.10 Å². The van der Waals surface area contributed by atoms with E-state index in [0.717, 1.165) is 11.5 Å². The Hall–Kier alpha value is -2.09. The molecule has 21 heavy (non-hydrogen) atoms. The van der Waals surface area contributed by atoms with Crippen molar-refractivity contribution in [3.63, 3.8) is 0 Å². The Balaban J connectivity index is 1.95. The van der Waals surface area contributed by atoms with Gasteiger partial charge in [0.05, 0.1) is 5.69 Å². The molecule has 0 aromatic carbocycles. The number of hydrogen-bond donors (Lipinski definition) is 2. The van der Waals surface area contributed by atoms with Crippen molar-refractivity contribution in [1.82, 2.24) is 24.9 Å². The van der Waals surface area contributed by atoms with Crippen molar-refractivity contribution >= 4 is 17.4 Å². The van der Waals surface area contributed by atoms with Gasteiger partial charge in [-0.1, -0.05) is 18.3 Å². The van der Waals surface area contributed by atoms with Crippen LogP contribution in [-0.4, -0.2) is 32.0 Å². The zero-order valence-corrected chi connectivity index (χ0v) is 13.0. The van der Waals surface area contributed by atoms with Crippen LogP contribution >= 0.6 is 11.5 Å². The van der Waals surface area contributed by atoms with Crippen LogP contribution in [0.1, 0.15) is 46.6 Å². The molecule has 0 aliphatic rings. The molecule has 2 aromatic heterocycles. The fraction of sp³-hybridized carbons (Fsp3) is 0.462. The van der Waals surface area contributed by atoms with Gasteiger partial charge in [0, 0.05) is 24.7 Å². The van der Waals surface area contributed by atoms with Crippen LogP contribution in [0.15, 0.2) is 10.9 Å². The van der Waals surface area contributed by atoms with Crippen LogP contribution in [-0.2, 0) is 6.42 Å². The van der Waals surface area contributed by atoms with E-state index in [0.29, 0.717) is 35.1 Å². The summed E-state index contributed by atoms with van der Waals surface area (Å²) in [7, 11) is 0. The second-order valence-electron chi connectivity index (χ2n) is 4.98. The summed E-state index contributed by atoms with van der Waals surface area (Å²) < 4.78 is 3.82. The Morgan fingerprint density at radius 2 is 2.24 bits per heavy atom. The number of aromatic amines is 1. The molecule has 0 fully saturated rings. The molecule has 2 N–H and O–H groups in total. The van der Waals surface area contributed by atoms with Gasteiger partial charge in [-0.3, -0.25) is 9.59 Å². The van der Waals surface area contributed by atoms with E-state index in [2.05, 4.69) is 24.9 Å². The van der Waals surface area contributed by atoms with Crippen molar-refractivity contribution in [2.75, 3.05) is 6.54 Å². The Bertz CT molecular complexity index is 692. The standard InChI is InChI=1S/C13H17N5O2S/c1-7(2)11-12(21-18-17-11)13(20)14-5-4-9-15-8(3)6-10(19)16-9/h6-7H,4-5H2,1-3H3,(H,14,20)(H,15,16,19). The molecule has 8 heteroatoms. The molecule has 0 atom stereocenters. The molecule has 2 heterocycles. The lowest BCUT2D eigenvalue weighted by molar-refractivity contribution is 0.0956. The lowest BCUT2D eigenvalue weighted by Gasteiger charge is -2.06. The minimum atomic E-state index is -0.191.